The van der Waals surface area contributed by atoms with Gasteiger partial charge >= 0.3 is 12.3 Å². The zero-order chi connectivity index (χ0) is 29.8. The number of likely N-dealkylation sites (N-methyl/N-ethyl adjacent to an activating group) is 2. The number of H-pyrrole nitrogens is 2. The minimum absolute atomic E-state index is 0.301. The van der Waals surface area contributed by atoms with Crippen LogP contribution in [-0.2, 0) is 22.3 Å². The van der Waals surface area contributed by atoms with Crippen molar-refractivity contribution in [3.05, 3.63) is 59.9 Å². The molecule has 41 heavy (non-hydrogen) atoms. The van der Waals surface area contributed by atoms with Gasteiger partial charge in [0.05, 0.1) is 13.2 Å². The van der Waals surface area contributed by atoms with E-state index in [2.05, 4.69) is 19.8 Å². The zero-order valence-electron chi connectivity index (χ0n) is 24.9. The standard InChI is InChI=1S/C16H22N2O3.C15H20N2O3/c1-4-10-20-16(19)21-14-7-5-6-13-15(14)12(11-17-13)8-9-18(2)3;1-4-19-15(18)20-13-7-5-6-12-14(13)11(10-16-12)8-9-17(2)3/h5-7,11,17H,4,8-10H2,1-3H3;5-7,10,16H,4,8-9H2,1-3H3. The molecule has 0 fully saturated rings. The predicted molar refractivity (Wildman–Crippen MR) is 161 cm³/mol. The van der Waals surface area contributed by atoms with Crippen molar-refractivity contribution in [2.24, 2.45) is 0 Å². The molecule has 222 valence electrons. The molecule has 0 bridgehead atoms. The Morgan fingerprint density at radius 1 is 0.707 bits per heavy atom. The minimum atomic E-state index is -0.667. The predicted octanol–water partition coefficient (Wildman–Crippen LogP) is 6.00. The van der Waals surface area contributed by atoms with Gasteiger partial charge in [0, 0.05) is 47.3 Å². The van der Waals surface area contributed by atoms with Crippen LogP contribution in [0.3, 0.4) is 0 Å². The first-order valence-corrected chi connectivity index (χ1v) is 13.9. The summed E-state index contributed by atoms with van der Waals surface area (Å²) in [4.78, 5) is 33.8. The summed E-state index contributed by atoms with van der Waals surface area (Å²) in [6.45, 7) is 6.23. The molecule has 2 aromatic heterocycles. The maximum atomic E-state index is 11.7. The van der Waals surface area contributed by atoms with Gasteiger partial charge in [-0.15, -0.1) is 0 Å². The Morgan fingerprint density at radius 2 is 1.17 bits per heavy atom. The summed E-state index contributed by atoms with van der Waals surface area (Å²) in [6.07, 6.45) is 5.17. The Bertz CT molecular complexity index is 1410. The number of aromatic nitrogens is 2. The number of benzene rings is 2. The Hall–Kier alpha value is -4.02. The summed E-state index contributed by atoms with van der Waals surface area (Å²) in [7, 11) is 8.14. The van der Waals surface area contributed by atoms with E-state index in [1.807, 2.05) is 71.8 Å². The summed E-state index contributed by atoms with van der Waals surface area (Å²) in [5.41, 5.74) is 4.19. The monoisotopic (exact) mass is 566 g/mol. The fraction of sp³-hybridized carbons (Fsp3) is 0.419. The van der Waals surface area contributed by atoms with Crippen LogP contribution >= 0.6 is 0 Å². The average Bonchev–Trinajstić information content (AvgIpc) is 3.55. The number of carbonyl (C=O) groups excluding carboxylic acids is 2. The lowest BCUT2D eigenvalue weighted by Crippen LogP contribution is -2.15. The Balaban J connectivity index is 0.000000226. The molecule has 0 spiro atoms. The molecular weight excluding hydrogens is 524 g/mol. The van der Waals surface area contributed by atoms with Crippen LogP contribution in [0.4, 0.5) is 9.59 Å². The fourth-order valence-electron chi connectivity index (χ4n) is 4.23. The van der Waals surface area contributed by atoms with Crippen LogP contribution in [0.2, 0.25) is 0 Å². The number of hydrogen-bond acceptors (Lipinski definition) is 8. The third-order valence-electron chi connectivity index (χ3n) is 6.23. The van der Waals surface area contributed by atoms with Crippen molar-refractivity contribution in [2.45, 2.75) is 33.1 Å². The van der Waals surface area contributed by atoms with E-state index in [0.717, 1.165) is 65.3 Å². The maximum Gasteiger partial charge on any atom is 0.513 e. The van der Waals surface area contributed by atoms with Crippen LogP contribution in [0, 0.1) is 0 Å². The largest absolute Gasteiger partial charge is 0.513 e. The van der Waals surface area contributed by atoms with E-state index in [9.17, 15) is 9.59 Å². The highest BCUT2D eigenvalue weighted by Gasteiger charge is 2.15. The van der Waals surface area contributed by atoms with E-state index in [0.29, 0.717) is 24.7 Å². The van der Waals surface area contributed by atoms with Gasteiger partial charge in [0.25, 0.3) is 0 Å². The molecular formula is C31H42N4O6. The second-order valence-corrected chi connectivity index (χ2v) is 10.1. The molecule has 0 saturated heterocycles. The number of fused-ring (bicyclic) bond motifs is 2. The quantitative estimate of drug-likeness (QED) is 0.168. The van der Waals surface area contributed by atoms with Crippen molar-refractivity contribution in [2.75, 3.05) is 54.5 Å². The summed E-state index contributed by atoms with van der Waals surface area (Å²) in [5.74, 6) is 1.08. The summed E-state index contributed by atoms with van der Waals surface area (Å²) < 4.78 is 20.4. The molecule has 0 unspecified atom stereocenters. The lowest BCUT2D eigenvalue weighted by Gasteiger charge is -2.10. The van der Waals surface area contributed by atoms with Gasteiger partial charge in [-0.3, -0.25) is 0 Å². The Kier molecular flexibility index (Phi) is 12.1. The number of nitrogens with one attached hydrogen (secondary N) is 2. The molecule has 0 aliphatic carbocycles. The fourth-order valence-corrected chi connectivity index (χ4v) is 4.23. The molecule has 2 heterocycles. The highest BCUT2D eigenvalue weighted by atomic mass is 16.7. The average molecular weight is 567 g/mol. The second-order valence-electron chi connectivity index (χ2n) is 10.1. The second kappa shape index (κ2) is 15.7. The third-order valence-corrected chi connectivity index (χ3v) is 6.23. The SMILES string of the molecule is CCCOC(=O)Oc1cccc2[nH]cc(CCN(C)C)c12.CCOC(=O)Oc1cccc2[nH]cc(CCN(C)C)c12. The molecule has 0 radical (unpaired) electrons. The molecule has 4 aromatic rings. The minimum Gasteiger partial charge on any atom is -0.434 e. The van der Waals surface area contributed by atoms with E-state index in [1.165, 1.54) is 0 Å². The van der Waals surface area contributed by atoms with E-state index >= 15 is 0 Å². The maximum absolute atomic E-state index is 11.7. The molecule has 0 atom stereocenters. The molecule has 4 rings (SSSR count). The van der Waals surface area contributed by atoms with E-state index in [-0.39, 0.29) is 0 Å². The Labute approximate surface area is 241 Å². The van der Waals surface area contributed by atoms with Gasteiger partial charge in [0.1, 0.15) is 11.5 Å². The normalized spacial score (nSPS) is 11.0. The van der Waals surface area contributed by atoms with Crippen LogP contribution < -0.4 is 9.47 Å². The van der Waals surface area contributed by atoms with Gasteiger partial charge in [0.2, 0.25) is 0 Å². The van der Waals surface area contributed by atoms with Gasteiger partial charge in [-0.25, -0.2) is 9.59 Å². The zero-order valence-corrected chi connectivity index (χ0v) is 24.9. The summed E-state index contributed by atoms with van der Waals surface area (Å²) >= 11 is 0. The molecule has 0 aliphatic heterocycles. The van der Waals surface area contributed by atoms with Gasteiger partial charge in [-0.2, -0.15) is 0 Å². The first-order chi connectivity index (χ1) is 19.7. The molecule has 10 heteroatoms. The molecule has 0 saturated carbocycles. The molecule has 0 aliphatic rings. The van der Waals surface area contributed by atoms with Crippen LogP contribution in [0.15, 0.2) is 48.8 Å². The number of rotatable bonds is 11. The van der Waals surface area contributed by atoms with Gasteiger partial charge in [-0.05, 0) is 89.8 Å². The topological polar surface area (TPSA) is 109 Å². The first-order valence-electron chi connectivity index (χ1n) is 13.9. The number of aromatic amines is 2. The highest BCUT2D eigenvalue weighted by molar-refractivity contribution is 5.91. The summed E-state index contributed by atoms with van der Waals surface area (Å²) in [5, 5.41) is 1.90. The van der Waals surface area contributed by atoms with Crippen LogP contribution in [-0.4, -0.2) is 86.6 Å². The van der Waals surface area contributed by atoms with Gasteiger partial charge in [-0.1, -0.05) is 19.1 Å². The molecule has 0 amide bonds. The molecule has 2 N–H and O–H groups in total. The van der Waals surface area contributed by atoms with Crippen molar-refractivity contribution in [1.82, 2.24) is 19.8 Å². The number of hydrogen-bond donors (Lipinski definition) is 2. The summed E-state index contributed by atoms with van der Waals surface area (Å²) in [6, 6.07) is 11.2. The van der Waals surface area contributed by atoms with Crippen molar-refractivity contribution in [1.29, 1.82) is 0 Å². The third kappa shape index (κ3) is 9.26. The van der Waals surface area contributed by atoms with Crippen molar-refractivity contribution in [3.63, 3.8) is 0 Å². The number of nitrogens with zero attached hydrogens (tertiary/aromatic N) is 2. The number of carbonyl (C=O) groups is 2. The van der Waals surface area contributed by atoms with E-state index in [4.69, 9.17) is 18.9 Å². The smallest absolute Gasteiger partial charge is 0.434 e. The van der Waals surface area contributed by atoms with Crippen LogP contribution in [0.5, 0.6) is 11.5 Å². The molecule has 2 aromatic carbocycles. The van der Waals surface area contributed by atoms with Gasteiger partial charge in [0.15, 0.2) is 0 Å². The van der Waals surface area contributed by atoms with Crippen molar-refractivity contribution < 1.29 is 28.5 Å². The highest BCUT2D eigenvalue weighted by Crippen LogP contribution is 2.30. The first kappa shape index (κ1) is 31.5. The van der Waals surface area contributed by atoms with Crippen molar-refractivity contribution >= 4 is 34.1 Å². The molecule has 10 nitrogen and oxygen atoms in total. The Morgan fingerprint density at radius 3 is 1.59 bits per heavy atom. The van der Waals surface area contributed by atoms with Crippen LogP contribution in [0.1, 0.15) is 31.4 Å². The lowest BCUT2D eigenvalue weighted by molar-refractivity contribution is 0.0994. The van der Waals surface area contributed by atoms with Crippen LogP contribution in [0.25, 0.3) is 21.8 Å². The van der Waals surface area contributed by atoms with E-state index in [1.54, 1.807) is 19.1 Å². The lowest BCUT2D eigenvalue weighted by atomic mass is 10.1. The van der Waals surface area contributed by atoms with E-state index < -0.39 is 12.3 Å². The van der Waals surface area contributed by atoms with Crippen molar-refractivity contribution in [3.8, 4) is 11.5 Å². The van der Waals surface area contributed by atoms with Gasteiger partial charge < -0.3 is 38.7 Å². The number of ether oxygens (including phenoxy) is 4.